The lowest BCUT2D eigenvalue weighted by Gasteiger charge is -2.04. The van der Waals surface area contributed by atoms with E-state index in [4.69, 9.17) is 15.0 Å². The second-order valence-electron chi connectivity index (χ2n) is 3.50. The number of hydrogen-bond acceptors (Lipinski definition) is 4. The second kappa shape index (κ2) is 3.02. The summed E-state index contributed by atoms with van der Waals surface area (Å²) >= 11 is 0. The summed E-state index contributed by atoms with van der Waals surface area (Å²) in [6.07, 6.45) is 2.45. The van der Waals surface area contributed by atoms with Crippen molar-refractivity contribution in [3.8, 4) is 17.1 Å². The number of rotatable bonds is 1. The molecule has 1 aliphatic rings. The minimum atomic E-state index is 0.541. The van der Waals surface area contributed by atoms with E-state index in [-0.39, 0.29) is 0 Å². The standard InChI is InChI=1S/C11H10N2O2/c12-9-6-13-15-11(9)8-3-1-2-7-4-5-14-10(7)8/h1-3,6H,4-5,12H2. The Balaban J connectivity index is 2.21. The monoisotopic (exact) mass is 202 g/mol. The average molecular weight is 202 g/mol. The highest BCUT2D eigenvalue weighted by Crippen LogP contribution is 2.38. The van der Waals surface area contributed by atoms with Gasteiger partial charge in [-0.15, -0.1) is 0 Å². The van der Waals surface area contributed by atoms with E-state index in [0.717, 1.165) is 24.3 Å². The molecule has 0 unspecified atom stereocenters. The summed E-state index contributed by atoms with van der Waals surface area (Å²) < 4.78 is 10.7. The second-order valence-corrected chi connectivity index (χ2v) is 3.50. The van der Waals surface area contributed by atoms with Gasteiger partial charge in [-0.3, -0.25) is 0 Å². The number of nitrogens with zero attached hydrogens (tertiary/aromatic N) is 1. The Labute approximate surface area is 86.6 Å². The van der Waals surface area contributed by atoms with Crippen molar-refractivity contribution < 1.29 is 9.26 Å². The lowest BCUT2D eigenvalue weighted by atomic mass is 10.1. The van der Waals surface area contributed by atoms with Crippen LogP contribution in [0.1, 0.15) is 5.56 Å². The van der Waals surface area contributed by atoms with Crippen LogP contribution in [0.15, 0.2) is 28.9 Å². The van der Waals surface area contributed by atoms with Crippen LogP contribution in [0.5, 0.6) is 5.75 Å². The van der Waals surface area contributed by atoms with Gasteiger partial charge in [-0.25, -0.2) is 0 Å². The van der Waals surface area contributed by atoms with Crippen LogP contribution in [0, 0.1) is 0 Å². The number of aromatic nitrogens is 1. The molecule has 0 aliphatic carbocycles. The lowest BCUT2D eigenvalue weighted by Crippen LogP contribution is -1.90. The zero-order valence-corrected chi connectivity index (χ0v) is 8.06. The smallest absolute Gasteiger partial charge is 0.193 e. The summed E-state index contributed by atoms with van der Waals surface area (Å²) in [4.78, 5) is 0. The number of hydrogen-bond donors (Lipinski definition) is 1. The van der Waals surface area contributed by atoms with Crippen LogP contribution in [0.2, 0.25) is 0 Å². The van der Waals surface area contributed by atoms with E-state index in [2.05, 4.69) is 11.2 Å². The van der Waals surface area contributed by atoms with Gasteiger partial charge in [0.1, 0.15) is 11.4 Å². The molecular weight excluding hydrogens is 192 g/mol. The molecular formula is C11H10N2O2. The minimum Gasteiger partial charge on any atom is -0.492 e. The molecule has 1 aromatic heterocycles. The highest BCUT2D eigenvalue weighted by Gasteiger charge is 2.20. The largest absolute Gasteiger partial charge is 0.492 e. The molecule has 0 spiro atoms. The zero-order chi connectivity index (χ0) is 10.3. The molecule has 0 amide bonds. The third-order valence-corrected chi connectivity index (χ3v) is 2.56. The van der Waals surface area contributed by atoms with Crippen molar-refractivity contribution in [1.29, 1.82) is 0 Å². The number of nitrogen functional groups attached to an aromatic ring is 1. The molecule has 2 aromatic rings. The Kier molecular flexibility index (Phi) is 1.68. The Morgan fingerprint density at radius 1 is 1.33 bits per heavy atom. The first-order valence-electron chi connectivity index (χ1n) is 4.81. The van der Waals surface area contributed by atoms with Crippen LogP contribution in [-0.2, 0) is 6.42 Å². The molecule has 4 nitrogen and oxygen atoms in total. The molecule has 0 radical (unpaired) electrons. The van der Waals surface area contributed by atoms with Crippen LogP contribution >= 0.6 is 0 Å². The topological polar surface area (TPSA) is 61.3 Å². The van der Waals surface area contributed by atoms with E-state index in [9.17, 15) is 0 Å². The first-order valence-corrected chi connectivity index (χ1v) is 4.81. The molecule has 2 heterocycles. The van der Waals surface area contributed by atoms with Gasteiger partial charge in [0.05, 0.1) is 18.4 Å². The maximum absolute atomic E-state index is 5.75. The van der Waals surface area contributed by atoms with Gasteiger partial charge in [0.25, 0.3) is 0 Å². The highest BCUT2D eigenvalue weighted by atomic mass is 16.5. The summed E-state index contributed by atoms with van der Waals surface area (Å²) in [5.74, 6) is 1.47. The molecule has 76 valence electrons. The predicted octanol–water partition coefficient (Wildman–Crippen LogP) is 1.86. The van der Waals surface area contributed by atoms with E-state index in [1.165, 1.54) is 11.8 Å². The SMILES string of the molecule is Nc1cnoc1-c1cccc2c1OCC2. The normalized spacial score (nSPS) is 13.6. The Bertz CT molecular complexity index is 505. The van der Waals surface area contributed by atoms with Crippen molar-refractivity contribution in [2.24, 2.45) is 0 Å². The molecule has 15 heavy (non-hydrogen) atoms. The third-order valence-electron chi connectivity index (χ3n) is 2.56. The van der Waals surface area contributed by atoms with Gasteiger partial charge >= 0.3 is 0 Å². The minimum absolute atomic E-state index is 0.541. The highest BCUT2D eigenvalue weighted by molar-refractivity contribution is 5.76. The van der Waals surface area contributed by atoms with E-state index in [1.54, 1.807) is 0 Å². The van der Waals surface area contributed by atoms with Crippen molar-refractivity contribution in [2.75, 3.05) is 12.3 Å². The molecule has 0 atom stereocenters. The maximum atomic E-state index is 5.75. The summed E-state index contributed by atoms with van der Waals surface area (Å²) in [6.45, 7) is 0.723. The number of para-hydroxylation sites is 1. The fraction of sp³-hybridized carbons (Fsp3) is 0.182. The Morgan fingerprint density at radius 2 is 2.27 bits per heavy atom. The molecule has 4 heteroatoms. The van der Waals surface area contributed by atoms with Crippen LogP contribution in [0.3, 0.4) is 0 Å². The number of nitrogens with two attached hydrogens (primary N) is 1. The van der Waals surface area contributed by atoms with Crippen LogP contribution in [0.25, 0.3) is 11.3 Å². The van der Waals surface area contributed by atoms with Crippen molar-refractivity contribution in [2.45, 2.75) is 6.42 Å². The number of anilines is 1. The fourth-order valence-electron chi connectivity index (χ4n) is 1.85. The van der Waals surface area contributed by atoms with E-state index >= 15 is 0 Å². The fourth-order valence-corrected chi connectivity index (χ4v) is 1.85. The number of benzene rings is 1. The van der Waals surface area contributed by atoms with Crippen molar-refractivity contribution in [1.82, 2.24) is 5.16 Å². The van der Waals surface area contributed by atoms with Gasteiger partial charge in [0.15, 0.2) is 5.76 Å². The first-order chi connectivity index (χ1) is 7.36. The van der Waals surface area contributed by atoms with Crippen LogP contribution in [-0.4, -0.2) is 11.8 Å². The lowest BCUT2D eigenvalue weighted by molar-refractivity contribution is 0.355. The van der Waals surface area contributed by atoms with Crippen molar-refractivity contribution in [3.63, 3.8) is 0 Å². The van der Waals surface area contributed by atoms with Gasteiger partial charge in [-0.1, -0.05) is 17.3 Å². The summed E-state index contributed by atoms with van der Waals surface area (Å²) in [6, 6.07) is 5.96. The van der Waals surface area contributed by atoms with Gasteiger partial charge in [-0.05, 0) is 11.6 Å². The molecule has 1 aromatic carbocycles. The van der Waals surface area contributed by atoms with Gasteiger partial charge in [-0.2, -0.15) is 0 Å². The average Bonchev–Trinajstić information content (AvgIpc) is 2.85. The molecule has 0 fully saturated rings. The first kappa shape index (κ1) is 8.35. The van der Waals surface area contributed by atoms with Gasteiger partial charge in [0.2, 0.25) is 0 Å². The van der Waals surface area contributed by atoms with Crippen molar-refractivity contribution >= 4 is 5.69 Å². The molecule has 1 aliphatic heterocycles. The number of ether oxygens (including phenoxy) is 1. The van der Waals surface area contributed by atoms with Crippen molar-refractivity contribution in [3.05, 3.63) is 30.0 Å². The molecule has 0 bridgehead atoms. The summed E-state index contributed by atoms with van der Waals surface area (Å²) in [7, 11) is 0. The van der Waals surface area contributed by atoms with E-state index in [1.807, 2.05) is 12.1 Å². The van der Waals surface area contributed by atoms with E-state index in [0.29, 0.717) is 11.4 Å². The predicted molar refractivity (Wildman–Crippen MR) is 55.6 cm³/mol. The van der Waals surface area contributed by atoms with Gasteiger partial charge < -0.3 is 15.0 Å². The summed E-state index contributed by atoms with van der Waals surface area (Å²) in [5, 5.41) is 3.67. The van der Waals surface area contributed by atoms with Crippen LogP contribution in [0.4, 0.5) is 5.69 Å². The maximum Gasteiger partial charge on any atom is 0.193 e. The summed E-state index contributed by atoms with van der Waals surface area (Å²) in [5.41, 5.74) is 8.38. The molecule has 3 rings (SSSR count). The van der Waals surface area contributed by atoms with Gasteiger partial charge in [0, 0.05) is 6.42 Å². The zero-order valence-electron chi connectivity index (χ0n) is 8.06. The molecule has 2 N–H and O–H groups in total. The third kappa shape index (κ3) is 1.18. The quantitative estimate of drug-likeness (QED) is 0.766. The Morgan fingerprint density at radius 3 is 3.07 bits per heavy atom. The van der Waals surface area contributed by atoms with E-state index < -0.39 is 0 Å². The molecule has 0 saturated heterocycles. The van der Waals surface area contributed by atoms with Crippen LogP contribution < -0.4 is 10.5 Å². The number of fused-ring (bicyclic) bond motifs is 1. The molecule has 0 saturated carbocycles. The Hall–Kier alpha value is -1.97.